The van der Waals surface area contributed by atoms with Gasteiger partial charge in [0.2, 0.25) is 0 Å². The van der Waals surface area contributed by atoms with Crippen LogP contribution in [0.25, 0.3) is 0 Å². The summed E-state index contributed by atoms with van der Waals surface area (Å²) >= 11 is 0. The van der Waals surface area contributed by atoms with E-state index >= 15 is 0 Å². The fraction of sp³-hybridized carbons (Fsp3) is 0.654. The first-order valence-electron chi connectivity index (χ1n) is 11.7. The normalized spacial score (nSPS) is 25.9. The molecule has 0 bridgehead atoms. The van der Waals surface area contributed by atoms with Crippen LogP contribution in [0.4, 0.5) is 4.79 Å². The number of hydrogen-bond donors (Lipinski definition) is 1. The summed E-state index contributed by atoms with van der Waals surface area (Å²) in [6.45, 7) is 12.3. The molecular formula is C26H38N2O2. The second-order valence-corrected chi connectivity index (χ2v) is 10.9. The van der Waals surface area contributed by atoms with Crippen molar-refractivity contribution < 1.29 is 9.53 Å². The number of alkyl carbamates (subject to hydrolysis) is 1. The molecule has 1 aromatic rings. The molecular weight excluding hydrogens is 372 g/mol. The molecule has 0 aromatic heterocycles. The maximum absolute atomic E-state index is 12.5. The lowest BCUT2D eigenvalue weighted by atomic mass is 9.71. The maximum atomic E-state index is 12.5. The molecule has 3 atom stereocenters. The molecule has 4 nitrogen and oxygen atoms in total. The van der Waals surface area contributed by atoms with E-state index in [1.54, 1.807) is 0 Å². The summed E-state index contributed by atoms with van der Waals surface area (Å²) in [7, 11) is 0. The predicted octanol–water partition coefficient (Wildman–Crippen LogP) is 5.54. The molecule has 3 aliphatic rings. The molecule has 1 spiro atoms. The van der Waals surface area contributed by atoms with Crippen LogP contribution in [0.5, 0.6) is 0 Å². The number of ether oxygens (including phenoxy) is 1. The van der Waals surface area contributed by atoms with E-state index in [0.29, 0.717) is 5.41 Å². The Balaban J connectivity index is 1.39. The number of amides is 1. The smallest absolute Gasteiger partial charge is 0.408 e. The van der Waals surface area contributed by atoms with Crippen molar-refractivity contribution in [1.29, 1.82) is 0 Å². The largest absolute Gasteiger partial charge is 0.444 e. The zero-order chi connectivity index (χ0) is 21.4. The number of fused-ring (bicyclic) bond motifs is 1. The summed E-state index contributed by atoms with van der Waals surface area (Å²) in [4.78, 5) is 14.9. The quantitative estimate of drug-likeness (QED) is 0.693. The average Bonchev–Trinajstić information content (AvgIpc) is 2.74. The van der Waals surface area contributed by atoms with Crippen molar-refractivity contribution in [3.63, 3.8) is 0 Å². The van der Waals surface area contributed by atoms with Crippen LogP contribution < -0.4 is 5.32 Å². The first-order chi connectivity index (χ1) is 14.2. The molecule has 2 saturated carbocycles. The van der Waals surface area contributed by atoms with Crippen molar-refractivity contribution >= 4 is 6.09 Å². The Morgan fingerprint density at radius 2 is 1.73 bits per heavy atom. The Morgan fingerprint density at radius 3 is 2.27 bits per heavy atom. The summed E-state index contributed by atoms with van der Waals surface area (Å²) in [6, 6.07) is 10.2. The molecule has 2 aliphatic carbocycles. The van der Waals surface area contributed by atoms with Crippen molar-refractivity contribution in [2.75, 3.05) is 13.1 Å². The number of carbonyl (C=O) groups excluding carboxylic acids is 1. The average molecular weight is 411 g/mol. The summed E-state index contributed by atoms with van der Waals surface area (Å²) in [5.41, 5.74) is 2.18. The van der Waals surface area contributed by atoms with Gasteiger partial charge in [0.1, 0.15) is 5.60 Å². The molecule has 2 unspecified atom stereocenters. The lowest BCUT2D eigenvalue weighted by Crippen LogP contribution is -2.58. The van der Waals surface area contributed by atoms with Gasteiger partial charge in [0.15, 0.2) is 0 Å². The molecule has 30 heavy (non-hydrogen) atoms. The first-order valence-corrected chi connectivity index (χ1v) is 11.7. The second-order valence-electron chi connectivity index (χ2n) is 10.9. The highest BCUT2D eigenvalue weighted by atomic mass is 16.6. The molecule has 1 heterocycles. The minimum absolute atomic E-state index is 0.151. The lowest BCUT2D eigenvalue weighted by Gasteiger charge is -2.53. The Morgan fingerprint density at radius 1 is 1.13 bits per heavy atom. The maximum Gasteiger partial charge on any atom is 0.408 e. The Hall–Kier alpha value is -1.97. The van der Waals surface area contributed by atoms with Crippen LogP contribution in [0, 0.1) is 17.3 Å². The van der Waals surface area contributed by atoms with Gasteiger partial charge in [-0.2, -0.15) is 0 Å². The van der Waals surface area contributed by atoms with Crippen LogP contribution in [-0.2, 0) is 11.2 Å². The fourth-order valence-corrected chi connectivity index (χ4v) is 5.56. The van der Waals surface area contributed by atoms with Crippen molar-refractivity contribution in [1.82, 2.24) is 10.2 Å². The van der Waals surface area contributed by atoms with Gasteiger partial charge in [-0.25, -0.2) is 4.79 Å². The summed E-state index contributed by atoms with van der Waals surface area (Å²) in [5, 5.41) is 3.10. The molecule has 164 valence electrons. The zero-order valence-corrected chi connectivity index (χ0v) is 19.0. The van der Waals surface area contributed by atoms with Gasteiger partial charge < -0.3 is 15.0 Å². The van der Waals surface area contributed by atoms with E-state index in [0.717, 1.165) is 37.0 Å². The molecule has 3 fully saturated rings. The van der Waals surface area contributed by atoms with E-state index in [1.807, 2.05) is 39.0 Å². The Kier molecular flexibility index (Phi) is 5.87. The van der Waals surface area contributed by atoms with Crippen LogP contribution in [-0.4, -0.2) is 35.7 Å². The third-order valence-electron chi connectivity index (χ3n) is 7.50. The van der Waals surface area contributed by atoms with Crippen LogP contribution >= 0.6 is 0 Å². The number of nitrogens with one attached hydrogen (secondary N) is 1. The highest BCUT2D eigenvalue weighted by Crippen LogP contribution is 2.52. The van der Waals surface area contributed by atoms with Gasteiger partial charge in [0.25, 0.3) is 0 Å². The molecule has 1 amide bonds. The summed E-state index contributed by atoms with van der Waals surface area (Å²) in [6.07, 6.45) is 8.81. The highest BCUT2D eigenvalue weighted by Gasteiger charge is 2.48. The summed E-state index contributed by atoms with van der Waals surface area (Å²) in [5.74, 6) is 2.00. The molecule has 1 aliphatic heterocycles. The summed E-state index contributed by atoms with van der Waals surface area (Å²) < 4.78 is 5.53. The van der Waals surface area contributed by atoms with Crippen molar-refractivity contribution in [2.45, 2.75) is 77.4 Å². The number of rotatable bonds is 5. The zero-order valence-electron chi connectivity index (χ0n) is 19.0. The fourth-order valence-electron chi connectivity index (χ4n) is 5.56. The highest BCUT2D eigenvalue weighted by molar-refractivity contribution is 5.68. The molecule has 1 N–H and O–H groups in total. The van der Waals surface area contributed by atoms with Crippen LogP contribution in [0.1, 0.15) is 64.9 Å². The number of benzene rings is 1. The standard InChI is InChI=1S/C26H38N2O2/c1-19(28-17-26(18-28)14-12-21-10-11-22(21)13-15-26)23(16-20-8-6-5-7-9-20)27-24(29)30-25(2,3)4/h5-9,21-23H,1,10-18H2,2-4H3,(H,27,29)/t21?,22?,23-/m1/s1. The van der Waals surface area contributed by atoms with Crippen molar-refractivity contribution in [3.8, 4) is 0 Å². The van der Waals surface area contributed by atoms with E-state index in [-0.39, 0.29) is 12.1 Å². The van der Waals surface area contributed by atoms with Crippen molar-refractivity contribution in [3.05, 3.63) is 48.2 Å². The molecule has 0 radical (unpaired) electrons. The molecule has 1 aromatic carbocycles. The van der Waals surface area contributed by atoms with Crippen molar-refractivity contribution in [2.24, 2.45) is 17.3 Å². The van der Waals surface area contributed by atoms with Crippen LogP contribution in [0.3, 0.4) is 0 Å². The second kappa shape index (κ2) is 8.28. The number of carbonyl (C=O) groups is 1. The monoisotopic (exact) mass is 410 g/mol. The minimum atomic E-state index is -0.511. The molecule has 4 rings (SSSR count). The van der Waals surface area contributed by atoms with Crippen LogP contribution in [0.15, 0.2) is 42.6 Å². The number of likely N-dealkylation sites (tertiary alicyclic amines) is 1. The Bertz CT molecular complexity index is 745. The van der Waals surface area contributed by atoms with Gasteiger partial charge in [0.05, 0.1) is 6.04 Å². The predicted molar refractivity (Wildman–Crippen MR) is 121 cm³/mol. The lowest BCUT2D eigenvalue weighted by molar-refractivity contribution is 0.00725. The van der Waals surface area contributed by atoms with E-state index in [9.17, 15) is 4.79 Å². The minimum Gasteiger partial charge on any atom is -0.444 e. The van der Waals surface area contributed by atoms with Gasteiger partial charge >= 0.3 is 6.09 Å². The van der Waals surface area contributed by atoms with Gasteiger partial charge in [-0.05, 0) is 83.1 Å². The third-order valence-corrected chi connectivity index (χ3v) is 7.50. The van der Waals surface area contributed by atoms with Gasteiger partial charge in [-0.3, -0.25) is 0 Å². The van der Waals surface area contributed by atoms with Gasteiger partial charge in [-0.1, -0.05) is 36.9 Å². The van der Waals surface area contributed by atoms with Gasteiger partial charge in [-0.15, -0.1) is 0 Å². The van der Waals surface area contributed by atoms with Gasteiger partial charge in [0, 0.05) is 24.2 Å². The topological polar surface area (TPSA) is 41.6 Å². The van der Waals surface area contributed by atoms with E-state index in [1.165, 1.54) is 44.1 Å². The number of hydrogen-bond acceptors (Lipinski definition) is 3. The molecule has 4 heteroatoms. The van der Waals surface area contributed by atoms with Crippen LogP contribution in [0.2, 0.25) is 0 Å². The SMILES string of the molecule is C=C([C@@H](Cc1ccccc1)NC(=O)OC(C)(C)C)N1CC2(CCC3CCC3CC2)C1. The third kappa shape index (κ3) is 4.84. The van der Waals surface area contributed by atoms with E-state index in [2.05, 4.69) is 28.9 Å². The molecule has 1 saturated heterocycles. The van der Waals surface area contributed by atoms with E-state index in [4.69, 9.17) is 4.74 Å². The Labute approximate surface area is 182 Å². The van der Waals surface area contributed by atoms with E-state index < -0.39 is 5.60 Å². The first kappa shape index (κ1) is 21.3. The number of nitrogens with zero attached hydrogens (tertiary/aromatic N) is 1.